The van der Waals surface area contributed by atoms with Crippen molar-refractivity contribution in [3.05, 3.63) is 59.0 Å². The average Bonchev–Trinajstić information content (AvgIpc) is 2.80. The molecule has 1 unspecified atom stereocenters. The molecule has 2 aromatic rings. The van der Waals surface area contributed by atoms with Gasteiger partial charge in [-0.25, -0.2) is 0 Å². The molecule has 3 nitrogen and oxygen atoms in total. The van der Waals surface area contributed by atoms with E-state index >= 15 is 0 Å². The lowest BCUT2D eigenvalue weighted by Gasteiger charge is -2.04. The maximum absolute atomic E-state index is 12.1. The third kappa shape index (κ3) is 3.31. The number of benzene rings is 1. The smallest absolute Gasteiger partial charge is 0.117 e. The Morgan fingerprint density at radius 2 is 1.83 bits per heavy atom. The first-order valence-corrected chi connectivity index (χ1v) is 7.35. The van der Waals surface area contributed by atoms with Crippen molar-refractivity contribution in [2.45, 2.75) is 25.0 Å². The van der Waals surface area contributed by atoms with Crippen LogP contribution in [0.15, 0.2) is 40.8 Å². The van der Waals surface area contributed by atoms with Crippen LogP contribution in [-0.2, 0) is 28.9 Å². The molecule has 1 aromatic carbocycles. The minimum Gasteiger partial charge on any atom is -0.464 e. The molecule has 0 fully saturated rings. The van der Waals surface area contributed by atoms with Crippen LogP contribution in [-0.4, -0.2) is 4.21 Å². The minimum absolute atomic E-state index is 0.379. The number of furan rings is 1. The van der Waals surface area contributed by atoms with Gasteiger partial charge < -0.3 is 10.2 Å². The topological polar surface area (TPSA) is 56.2 Å². The van der Waals surface area contributed by atoms with Crippen LogP contribution in [0.3, 0.4) is 0 Å². The van der Waals surface area contributed by atoms with Crippen LogP contribution in [0, 0.1) is 6.92 Å². The zero-order valence-corrected chi connectivity index (χ0v) is 11.2. The summed E-state index contributed by atoms with van der Waals surface area (Å²) in [6.07, 6.45) is 0. The van der Waals surface area contributed by atoms with E-state index in [1.54, 1.807) is 0 Å². The van der Waals surface area contributed by atoms with E-state index in [0.29, 0.717) is 18.1 Å². The van der Waals surface area contributed by atoms with Crippen LogP contribution in [0.25, 0.3) is 0 Å². The predicted octanol–water partition coefficient (Wildman–Crippen LogP) is 2.50. The molecule has 0 amide bonds. The van der Waals surface area contributed by atoms with E-state index in [-0.39, 0.29) is 0 Å². The summed E-state index contributed by atoms with van der Waals surface area (Å²) in [4.78, 5) is 0. The van der Waals surface area contributed by atoms with Gasteiger partial charge in [-0.15, -0.1) is 0 Å². The molecule has 0 aliphatic rings. The Kier molecular flexibility index (Phi) is 4.33. The van der Waals surface area contributed by atoms with Gasteiger partial charge in [-0.05, 0) is 30.2 Å². The molecule has 0 aliphatic carbocycles. The van der Waals surface area contributed by atoms with Crippen molar-refractivity contribution in [1.82, 2.24) is 0 Å². The summed E-state index contributed by atoms with van der Waals surface area (Å²) in [5.41, 5.74) is 7.77. The Balaban J connectivity index is 1.99. The van der Waals surface area contributed by atoms with Gasteiger partial charge in [-0.3, -0.25) is 4.21 Å². The van der Waals surface area contributed by atoms with Gasteiger partial charge in [0, 0.05) is 16.6 Å². The number of nitrogens with two attached hydrogens (primary N) is 1. The largest absolute Gasteiger partial charge is 0.464 e. The number of rotatable bonds is 5. The monoisotopic (exact) mass is 263 g/mol. The molecule has 0 spiro atoms. The highest BCUT2D eigenvalue weighted by molar-refractivity contribution is 7.83. The van der Waals surface area contributed by atoms with Crippen molar-refractivity contribution in [3.63, 3.8) is 0 Å². The molecule has 0 aliphatic heterocycles. The van der Waals surface area contributed by atoms with Crippen LogP contribution in [0.1, 0.15) is 22.6 Å². The average molecular weight is 263 g/mol. The molecule has 2 N–H and O–H groups in total. The molecule has 1 aromatic heterocycles. The van der Waals surface area contributed by atoms with Gasteiger partial charge >= 0.3 is 0 Å². The summed E-state index contributed by atoms with van der Waals surface area (Å²) in [7, 11) is -0.955. The zero-order valence-electron chi connectivity index (χ0n) is 10.4. The highest BCUT2D eigenvalue weighted by Gasteiger charge is 2.08. The standard InChI is InChI=1S/C14H17NO2S/c1-11-4-2-3-5-12(11)9-18(16)10-14-7-6-13(8-15)17-14/h2-7H,8-10,15H2,1H3. The quantitative estimate of drug-likeness (QED) is 0.901. The van der Waals surface area contributed by atoms with Gasteiger partial charge in [0.15, 0.2) is 0 Å². The van der Waals surface area contributed by atoms with Gasteiger partial charge in [0.1, 0.15) is 11.5 Å². The Labute approximate surface area is 109 Å². The van der Waals surface area contributed by atoms with Crippen LogP contribution >= 0.6 is 0 Å². The first-order chi connectivity index (χ1) is 8.69. The van der Waals surface area contributed by atoms with Crippen molar-refractivity contribution in [3.8, 4) is 0 Å². The molecule has 0 saturated carbocycles. The van der Waals surface area contributed by atoms with E-state index in [2.05, 4.69) is 0 Å². The Morgan fingerprint density at radius 3 is 2.50 bits per heavy atom. The van der Waals surface area contributed by atoms with Gasteiger partial charge in [-0.1, -0.05) is 24.3 Å². The molecule has 96 valence electrons. The van der Waals surface area contributed by atoms with E-state index in [4.69, 9.17) is 10.2 Å². The normalized spacial score (nSPS) is 12.6. The van der Waals surface area contributed by atoms with Crippen molar-refractivity contribution < 1.29 is 8.63 Å². The summed E-state index contributed by atoms with van der Waals surface area (Å²) in [6, 6.07) is 11.7. The van der Waals surface area contributed by atoms with E-state index in [0.717, 1.165) is 17.1 Å². The summed E-state index contributed by atoms with van der Waals surface area (Å²) < 4.78 is 17.5. The van der Waals surface area contributed by atoms with Gasteiger partial charge in [-0.2, -0.15) is 0 Å². The molecular weight excluding hydrogens is 246 g/mol. The fraction of sp³-hybridized carbons (Fsp3) is 0.286. The van der Waals surface area contributed by atoms with Crippen LogP contribution in [0.5, 0.6) is 0 Å². The van der Waals surface area contributed by atoms with E-state index < -0.39 is 10.8 Å². The Morgan fingerprint density at radius 1 is 1.11 bits per heavy atom. The van der Waals surface area contributed by atoms with E-state index in [1.165, 1.54) is 5.56 Å². The number of hydrogen-bond acceptors (Lipinski definition) is 3. The minimum atomic E-state index is -0.955. The van der Waals surface area contributed by atoms with Crippen molar-refractivity contribution in [2.75, 3.05) is 0 Å². The van der Waals surface area contributed by atoms with Crippen LogP contribution in [0.2, 0.25) is 0 Å². The zero-order chi connectivity index (χ0) is 13.0. The molecule has 2 rings (SSSR count). The van der Waals surface area contributed by atoms with E-state index in [9.17, 15) is 4.21 Å². The van der Waals surface area contributed by atoms with Crippen molar-refractivity contribution >= 4 is 10.8 Å². The van der Waals surface area contributed by atoms with Gasteiger partial charge in [0.25, 0.3) is 0 Å². The number of aryl methyl sites for hydroxylation is 1. The summed E-state index contributed by atoms with van der Waals surface area (Å²) in [6.45, 7) is 2.41. The lowest BCUT2D eigenvalue weighted by molar-refractivity contribution is 0.481. The Bertz CT molecular complexity index is 548. The summed E-state index contributed by atoms with van der Waals surface area (Å²) in [5.74, 6) is 2.47. The first kappa shape index (κ1) is 13.1. The van der Waals surface area contributed by atoms with Gasteiger partial charge in [0.2, 0.25) is 0 Å². The summed E-state index contributed by atoms with van der Waals surface area (Å²) in [5, 5.41) is 0. The lowest BCUT2D eigenvalue weighted by atomic mass is 10.1. The molecule has 4 heteroatoms. The van der Waals surface area contributed by atoms with Crippen LogP contribution in [0.4, 0.5) is 0 Å². The first-order valence-electron chi connectivity index (χ1n) is 5.86. The van der Waals surface area contributed by atoms with Crippen molar-refractivity contribution in [2.24, 2.45) is 5.73 Å². The van der Waals surface area contributed by atoms with Crippen LogP contribution < -0.4 is 5.73 Å². The molecule has 0 radical (unpaired) electrons. The Hall–Kier alpha value is -1.39. The van der Waals surface area contributed by atoms with Crippen molar-refractivity contribution in [1.29, 1.82) is 0 Å². The molecule has 0 bridgehead atoms. The molecule has 1 heterocycles. The summed E-state index contributed by atoms with van der Waals surface area (Å²) >= 11 is 0. The number of hydrogen-bond donors (Lipinski definition) is 1. The SMILES string of the molecule is Cc1ccccc1CS(=O)Cc1ccc(CN)o1. The maximum Gasteiger partial charge on any atom is 0.117 e. The molecular formula is C14H17NO2S. The molecule has 1 atom stereocenters. The van der Waals surface area contributed by atoms with Gasteiger partial charge in [0.05, 0.1) is 12.3 Å². The second kappa shape index (κ2) is 5.98. The third-order valence-corrected chi connectivity index (χ3v) is 4.04. The van der Waals surface area contributed by atoms with E-state index in [1.807, 2.05) is 43.3 Å². The second-order valence-corrected chi connectivity index (χ2v) is 5.68. The lowest BCUT2D eigenvalue weighted by Crippen LogP contribution is -2.00. The fourth-order valence-electron chi connectivity index (χ4n) is 1.76. The molecule has 18 heavy (non-hydrogen) atoms. The third-order valence-electron chi connectivity index (χ3n) is 2.80. The molecule has 0 saturated heterocycles. The highest BCUT2D eigenvalue weighted by atomic mass is 32.2. The second-order valence-electron chi connectivity index (χ2n) is 4.23. The predicted molar refractivity (Wildman–Crippen MR) is 73.3 cm³/mol. The fourth-order valence-corrected chi connectivity index (χ4v) is 3.01. The maximum atomic E-state index is 12.1. The highest BCUT2D eigenvalue weighted by Crippen LogP contribution is 2.14.